The van der Waals surface area contributed by atoms with E-state index in [1.165, 1.54) is 42.4 Å². The van der Waals surface area contributed by atoms with Crippen molar-refractivity contribution in [2.75, 3.05) is 0 Å². The molecule has 1 aromatic rings. The molecule has 0 radical (unpaired) electrons. The molecule has 1 aliphatic rings. The Morgan fingerprint density at radius 2 is 1.61 bits per heavy atom. The van der Waals surface area contributed by atoms with E-state index in [0.29, 0.717) is 0 Å². The third kappa shape index (κ3) is 2.75. The van der Waals surface area contributed by atoms with Crippen molar-refractivity contribution in [2.24, 2.45) is 5.41 Å². The number of hydrogen-bond acceptors (Lipinski definition) is 1. The normalized spacial score (nSPS) is 18.9. The molecule has 18 heavy (non-hydrogen) atoms. The zero-order valence-electron chi connectivity index (χ0n) is 11.6. The maximum atomic E-state index is 9.66. The Hall–Kier alpha value is -1.29. The lowest BCUT2D eigenvalue weighted by atomic mass is 9.75. The SMILES string of the molecule is Cc1cccc(C)c1CC1(C#N)CCCCCC1. The average molecular weight is 241 g/mol. The van der Waals surface area contributed by atoms with Gasteiger partial charge in [0, 0.05) is 0 Å². The summed E-state index contributed by atoms with van der Waals surface area (Å²) in [6.07, 6.45) is 8.15. The Balaban J connectivity index is 2.27. The average Bonchev–Trinajstić information content (AvgIpc) is 2.60. The van der Waals surface area contributed by atoms with E-state index in [1.807, 2.05) is 0 Å². The topological polar surface area (TPSA) is 23.8 Å². The van der Waals surface area contributed by atoms with E-state index in [1.54, 1.807) is 0 Å². The van der Waals surface area contributed by atoms with Gasteiger partial charge < -0.3 is 0 Å². The molecule has 0 heterocycles. The van der Waals surface area contributed by atoms with E-state index in [0.717, 1.165) is 19.3 Å². The van der Waals surface area contributed by atoms with Crippen LogP contribution in [0, 0.1) is 30.6 Å². The second kappa shape index (κ2) is 5.57. The van der Waals surface area contributed by atoms with Crippen molar-refractivity contribution in [3.05, 3.63) is 34.9 Å². The van der Waals surface area contributed by atoms with Gasteiger partial charge in [-0.1, -0.05) is 43.9 Å². The molecule has 1 saturated carbocycles. The lowest BCUT2D eigenvalue weighted by Crippen LogP contribution is -2.22. The molecule has 1 aromatic carbocycles. The van der Waals surface area contributed by atoms with Gasteiger partial charge in [-0.3, -0.25) is 0 Å². The molecule has 0 unspecified atom stereocenters. The monoisotopic (exact) mass is 241 g/mol. The second-order valence-corrected chi connectivity index (χ2v) is 5.85. The van der Waals surface area contributed by atoms with Gasteiger partial charge in [-0.25, -0.2) is 0 Å². The fourth-order valence-electron chi connectivity index (χ4n) is 3.20. The Bertz CT molecular complexity index is 425. The van der Waals surface area contributed by atoms with Gasteiger partial charge in [-0.15, -0.1) is 0 Å². The molecule has 1 aliphatic carbocycles. The first kappa shape index (κ1) is 13.1. The zero-order chi connectivity index (χ0) is 13.0. The van der Waals surface area contributed by atoms with Gasteiger partial charge in [0.2, 0.25) is 0 Å². The van der Waals surface area contributed by atoms with Gasteiger partial charge >= 0.3 is 0 Å². The predicted octanol–water partition coefficient (Wildman–Crippen LogP) is 4.71. The number of benzene rings is 1. The van der Waals surface area contributed by atoms with Crippen LogP contribution in [0.25, 0.3) is 0 Å². The molecule has 1 fully saturated rings. The zero-order valence-corrected chi connectivity index (χ0v) is 11.6. The third-order valence-electron chi connectivity index (χ3n) is 4.46. The van der Waals surface area contributed by atoms with E-state index >= 15 is 0 Å². The van der Waals surface area contributed by atoms with Crippen LogP contribution in [0.5, 0.6) is 0 Å². The molecule has 0 N–H and O–H groups in total. The molecule has 0 saturated heterocycles. The maximum Gasteiger partial charge on any atom is 0.0693 e. The quantitative estimate of drug-likeness (QED) is 0.688. The highest BCUT2D eigenvalue weighted by Crippen LogP contribution is 2.38. The fraction of sp³-hybridized carbons (Fsp3) is 0.588. The fourth-order valence-corrected chi connectivity index (χ4v) is 3.20. The van der Waals surface area contributed by atoms with Crippen molar-refractivity contribution in [1.29, 1.82) is 5.26 Å². The summed E-state index contributed by atoms with van der Waals surface area (Å²) in [6, 6.07) is 9.11. The standard InChI is InChI=1S/C17H23N/c1-14-8-7-9-15(2)16(14)12-17(13-18)10-5-3-4-6-11-17/h7-9H,3-6,10-12H2,1-2H3. The van der Waals surface area contributed by atoms with Gasteiger partial charge in [-0.05, 0) is 49.8 Å². The molecular formula is C17H23N. The molecule has 1 nitrogen and oxygen atoms in total. The molecule has 0 spiro atoms. The van der Waals surface area contributed by atoms with Crippen LogP contribution in [0.4, 0.5) is 0 Å². The number of aryl methyl sites for hydroxylation is 2. The molecule has 0 aliphatic heterocycles. The van der Waals surface area contributed by atoms with Crippen LogP contribution in [0.3, 0.4) is 0 Å². The number of rotatable bonds is 2. The summed E-state index contributed by atoms with van der Waals surface area (Å²) in [5.74, 6) is 0. The Morgan fingerprint density at radius 3 is 2.11 bits per heavy atom. The first-order chi connectivity index (χ1) is 8.67. The maximum absolute atomic E-state index is 9.66. The van der Waals surface area contributed by atoms with Crippen LogP contribution in [0.2, 0.25) is 0 Å². The highest BCUT2D eigenvalue weighted by Gasteiger charge is 2.31. The number of nitriles is 1. The molecule has 0 bridgehead atoms. The smallest absolute Gasteiger partial charge is 0.0693 e. The van der Waals surface area contributed by atoms with E-state index in [4.69, 9.17) is 0 Å². The van der Waals surface area contributed by atoms with Crippen LogP contribution in [-0.2, 0) is 6.42 Å². The van der Waals surface area contributed by atoms with Crippen molar-refractivity contribution >= 4 is 0 Å². The van der Waals surface area contributed by atoms with Gasteiger partial charge in [0.25, 0.3) is 0 Å². The molecule has 96 valence electrons. The minimum absolute atomic E-state index is 0.104. The number of nitrogens with zero attached hydrogens (tertiary/aromatic N) is 1. The van der Waals surface area contributed by atoms with Gasteiger partial charge in [0.05, 0.1) is 11.5 Å². The Kier molecular flexibility index (Phi) is 4.07. The van der Waals surface area contributed by atoms with Crippen molar-refractivity contribution in [3.8, 4) is 6.07 Å². The Labute approximate surface area is 111 Å². The summed E-state index contributed by atoms with van der Waals surface area (Å²) in [5.41, 5.74) is 3.98. The largest absolute Gasteiger partial charge is 0.198 e. The van der Waals surface area contributed by atoms with Crippen LogP contribution < -0.4 is 0 Å². The molecule has 0 atom stereocenters. The lowest BCUT2D eigenvalue weighted by molar-refractivity contribution is 0.338. The van der Waals surface area contributed by atoms with Gasteiger partial charge in [0.15, 0.2) is 0 Å². The second-order valence-electron chi connectivity index (χ2n) is 5.85. The summed E-state index contributed by atoms with van der Waals surface area (Å²) in [6.45, 7) is 4.34. The van der Waals surface area contributed by atoms with Crippen molar-refractivity contribution in [1.82, 2.24) is 0 Å². The summed E-state index contributed by atoms with van der Waals surface area (Å²) >= 11 is 0. The molecule has 1 heteroatoms. The van der Waals surface area contributed by atoms with Gasteiger partial charge in [0.1, 0.15) is 0 Å². The molecule has 0 aromatic heterocycles. The van der Waals surface area contributed by atoms with Gasteiger partial charge in [-0.2, -0.15) is 5.26 Å². The minimum Gasteiger partial charge on any atom is -0.198 e. The highest BCUT2D eigenvalue weighted by molar-refractivity contribution is 5.35. The van der Waals surface area contributed by atoms with Crippen LogP contribution in [0.1, 0.15) is 55.2 Å². The first-order valence-electron chi connectivity index (χ1n) is 7.13. The van der Waals surface area contributed by atoms with Crippen LogP contribution in [-0.4, -0.2) is 0 Å². The minimum atomic E-state index is -0.104. The van der Waals surface area contributed by atoms with Crippen molar-refractivity contribution in [3.63, 3.8) is 0 Å². The first-order valence-corrected chi connectivity index (χ1v) is 7.13. The molecule has 0 amide bonds. The molecular weight excluding hydrogens is 218 g/mol. The molecule has 2 rings (SSSR count). The van der Waals surface area contributed by atoms with Crippen LogP contribution in [0.15, 0.2) is 18.2 Å². The highest BCUT2D eigenvalue weighted by atomic mass is 14.4. The summed E-state index contributed by atoms with van der Waals surface area (Å²) < 4.78 is 0. The lowest BCUT2D eigenvalue weighted by Gasteiger charge is -2.26. The van der Waals surface area contributed by atoms with E-state index in [2.05, 4.69) is 38.1 Å². The third-order valence-corrected chi connectivity index (χ3v) is 4.46. The van der Waals surface area contributed by atoms with E-state index < -0.39 is 0 Å². The van der Waals surface area contributed by atoms with E-state index in [-0.39, 0.29) is 5.41 Å². The Morgan fingerprint density at radius 1 is 1.06 bits per heavy atom. The number of hydrogen-bond donors (Lipinski definition) is 0. The van der Waals surface area contributed by atoms with Crippen molar-refractivity contribution < 1.29 is 0 Å². The van der Waals surface area contributed by atoms with Crippen molar-refractivity contribution in [2.45, 2.75) is 58.8 Å². The summed E-state index contributed by atoms with van der Waals surface area (Å²) in [4.78, 5) is 0. The summed E-state index contributed by atoms with van der Waals surface area (Å²) in [7, 11) is 0. The van der Waals surface area contributed by atoms with E-state index in [9.17, 15) is 5.26 Å². The van der Waals surface area contributed by atoms with Crippen LogP contribution >= 0.6 is 0 Å². The predicted molar refractivity (Wildman–Crippen MR) is 75.4 cm³/mol. The summed E-state index contributed by atoms with van der Waals surface area (Å²) in [5, 5.41) is 9.66.